The van der Waals surface area contributed by atoms with Crippen molar-refractivity contribution < 1.29 is 27.0 Å². The molecule has 31 heavy (non-hydrogen) atoms. The Balaban J connectivity index is 1.43. The zero-order chi connectivity index (χ0) is 23.8. The summed E-state index contributed by atoms with van der Waals surface area (Å²) in [7, 11) is 1.49. The largest absolute Gasteiger partial charge is 0.495 e. The first-order valence-corrected chi connectivity index (χ1v) is 10.9. The zero-order valence-electron chi connectivity index (χ0n) is 19.9. The van der Waals surface area contributed by atoms with Crippen LogP contribution < -0.4 is 15.0 Å². The highest BCUT2D eigenvalue weighted by atomic mass is 16.5. The normalized spacial score (nSPS) is 23.3. The quantitative estimate of drug-likeness (QED) is 0.763. The maximum Gasteiger partial charge on any atom is 0.328 e. The molecule has 168 valence electrons. The van der Waals surface area contributed by atoms with Gasteiger partial charge in [0.25, 0.3) is 5.91 Å². The Labute approximate surface area is 185 Å². The molecule has 0 aromatic heterocycles. The van der Waals surface area contributed by atoms with Crippen LogP contribution in [0.25, 0.3) is 0 Å². The van der Waals surface area contributed by atoms with Crippen LogP contribution in [0.3, 0.4) is 0 Å². The smallest absolute Gasteiger partial charge is 0.328 e. The number of piperidine rings is 1. The molecular weight excluding hydrogens is 398 g/mol. The minimum absolute atomic E-state index is 0.109. The predicted molar refractivity (Wildman–Crippen MR) is 115 cm³/mol. The molecule has 8 nitrogen and oxygen atoms in total. The molecule has 2 saturated heterocycles. The van der Waals surface area contributed by atoms with E-state index in [4.69, 9.17) is 7.48 Å². The van der Waals surface area contributed by atoms with Gasteiger partial charge in [-0.05, 0) is 68.1 Å². The van der Waals surface area contributed by atoms with Crippen molar-refractivity contribution in [2.24, 2.45) is 11.3 Å². The van der Waals surface area contributed by atoms with Gasteiger partial charge in [-0.1, -0.05) is 0 Å². The molecule has 4 rings (SSSR count). The van der Waals surface area contributed by atoms with Gasteiger partial charge in [-0.3, -0.25) is 19.8 Å². The molecule has 2 aliphatic heterocycles. The summed E-state index contributed by atoms with van der Waals surface area (Å²) in [5, 5.41) is 12.0. The minimum Gasteiger partial charge on any atom is -0.495 e. The lowest BCUT2D eigenvalue weighted by Gasteiger charge is -2.45. The molecule has 0 atom stereocenters. The topological polar surface area (TPSA) is 99.2 Å². The summed E-state index contributed by atoms with van der Waals surface area (Å²) in [6.45, 7) is -0.661. The number of urea groups is 1. The monoisotopic (exact) mass is 431 g/mol. The number of nitrogens with zero attached hydrogens (tertiary/aromatic N) is 2. The van der Waals surface area contributed by atoms with Crippen LogP contribution in [0.1, 0.15) is 58.0 Å². The molecule has 1 aromatic rings. The first-order chi connectivity index (χ1) is 15.6. The van der Waals surface area contributed by atoms with E-state index in [0.717, 1.165) is 25.7 Å². The summed E-state index contributed by atoms with van der Waals surface area (Å²) < 4.78 is 20.5. The number of hydrogen-bond acceptors (Lipinski definition) is 5. The summed E-state index contributed by atoms with van der Waals surface area (Å²) in [6, 6.07) is 4.48. The van der Waals surface area contributed by atoms with Gasteiger partial charge in [0.05, 0.1) is 15.5 Å². The van der Waals surface area contributed by atoms with E-state index in [1.165, 1.54) is 12.0 Å². The molecule has 2 N–H and O–H groups in total. The lowest BCUT2D eigenvalue weighted by molar-refractivity contribution is -0.120. The lowest BCUT2D eigenvalue weighted by atomic mass is 9.65. The Bertz CT molecular complexity index is 931. The Morgan fingerprint density at radius 3 is 2.55 bits per heavy atom. The molecule has 4 amide bonds. The van der Waals surface area contributed by atoms with Crippen molar-refractivity contribution >= 4 is 23.5 Å². The standard InChI is InChI=1S/C23H31N3O5/c1-31-19-3-2-17(14-18(19)26-11-6-20(28)24-22(26)30)21(29)25-12-9-23(10-13-25)7-4-16(15-27)5-8-23/h2-3,14,16,27H,4-13,15H2,1H3,(H,24,28,30)/i15D2. The van der Waals surface area contributed by atoms with Crippen LogP contribution in [-0.2, 0) is 4.79 Å². The van der Waals surface area contributed by atoms with E-state index in [1.807, 2.05) is 4.90 Å². The average Bonchev–Trinajstić information content (AvgIpc) is 2.78. The number of likely N-dealkylation sites (tertiary alicyclic amines) is 1. The first kappa shape index (κ1) is 19.1. The van der Waals surface area contributed by atoms with Crippen LogP contribution in [0.15, 0.2) is 18.2 Å². The molecule has 1 aliphatic carbocycles. The Morgan fingerprint density at radius 2 is 1.94 bits per heavy atom. The molecule has 0 radical (unpaired) electrons. The lowest BCUT2D eigenvalue weighted by Crippen LogP contribution is -2.49. The molecule has 8 heteroatoms. The van der Waals surface area contributed by atoms with E-state index in [1.54, 1.807) is 18.2 Å². The highest BCUT2D eigenvalue weighted by Gasteiger charge is 2.39. The van der Waals surface area contributed by atoms with Gasteiger partial charge < -0.3 is 14.7 Å². The van der Waals surface area contributed by atoms with Crippen LogP contribution in [-0.4, -0.2) is 61.2 Å². The molecular formula is C23H31N3O5. The average molecular weight is 432 g/mol. The molecule has 1 aromatic carbocycles. The molecule has 3 fully saturated rings. The fraction of sp³-hybridized carbons (Fsp3) is 0.609. The molecule has 3 aliphatic rings. The number of amides is 4. The summed E-state index contributed by atoms with van der Waals surface area (Å²) in [4.78, 5) is 40.3. The van der Waals surface area contributed by atoms with E-state index in [0.29, 0.717) is 42.9 Å². The second kappa shape index (κ2) is 8.86. The fourth-order valence-corrected chi connectivity index (χ4v) is 5.05. The second-order valence-corrected chi connectivity index (χ2v) is 8.84. The highest BCUT2D eigenvalue weighted by molar-refractivity contribution is 6.07. The minimum atomic E-state index is -2.12. The number of anilines is 1. The third-order valence-electron chi connectivity index (χ3n) is 7.11. The summed E-state index contributed by atoms with van der Waals surface area (Å²) in [5.41, 5.74) is 1.03. The van der Waals surface area contributed by atoms with Crippen molar-refractivity contribution in [1.29, 1.82) is 0 Å². The fourth-order valence-electron chi connectivity index (χ4n) is 5.05. The highest BCUT2D eigenvalue weighted by Crippen LogP contribution is 2.46. The predicted octanol–water partition coefficient (Wildman–Crippen LogP) is 2.55. The van der Waals surface area contributed by atoms with Gasteiger partial charge in [-0.2, -0.15) is 0 Å². The maximum absolute atomic E-state index is 13.3. The van der Waals surface area contributed by atoms with Crippen molar-refractivity contribution in [1.82, 2.24) is 10.2 Å². The molecule has 1 spiro atoms. The van der Waals surface area contributed by atoms with Crippen molar-refractivity contribution in [3.63, 3.8) is 0 Å². The van der Waals surface area contributed by atoms with E-state index in [2.05, 4.69) is 5.32 Å². The third kappa shape index (κ3) is 4.39. The van der Waals surface area contributed by atoms with Crippen molar-refractivity contribution in [2.45, 2.75) is 44.9 Å². The van der Waals surface area contributed by atoms with Crippen LogP contribution in [0.4, 0.5) is 10.5 Å². The van der Waals surface area contributed by atoms with Gasteiger partial charge in [0.2, 0.25) is 5.91 Å². The van der Waals surface area contributed by atoms with E-state index in [-0.39, 0.29) is 36.1 Å². The third-order valence-corrected chi connectivity index (χ3v) is 7.11. The van der Waals surface area contributed by atoms with Gasteiger partial charge in [0.1, 0.15) is 5.75 Å². The van der Waals surface area contributed by atoms with Crippen LogP contribution in [0.5, 0.6) is 5.75 Å². The number of carbonyl (C=O) groups is 3. The molecule has 0 unspecified atom stereocenters. The van der Waals surface area contributed by atoms with Gasteiger partial charge in [0, 0.05) is 38.2 Å². The molecule has 1 saturated carbocycles. The van der Waals surface area contributed by atoms with Crippen molar-refractivity contribution in [3.05, 3.63) is 23.8 Å². The van der Waals surface area contributed by atoms with Crippen molar-refractivity contribution in [2.75, 3.05) is 38.2 Å². The second-order valence-electron chi connectivity index (χ2n) is 8.84. The zero-order valence-corrected chi connectivity index (χ0v) is 17.9. The number of rotatable bonds is 4. The number of aliphatic hydroxyl groups is 1. The SMILES string of the molecule is [2H]C([2H])(O)C1CCC2(CC1)CCN(C(=O)c1ccc(OC)c(N3CCC(=O)NC3=O)c1)CC2. The van der Waals surface area contributed by atoms with E-state index < -0.39 is 12.6 Å². The van der Waals surface area contributed by atoms with Crippen LogP contribution >= 0.6 is 0 Å². The Hall–Kier alpha value is -2.61. The van der Waals surface area contributed by atoms with Crippen LogP contribution in [0.2, 0.25) is 0 Å². The number of methoxy groups -OCH3 is 1. The number of ether oxygens (including phenoxy) is 1. The van der Waals surface area contributed by atoms with Gasteiger partial charge in [-0.15, -0.1) is 0 Å². The summed E-state index contributed by atoms with van der Waals surface area (Å²) in [6.07, 6.45) is 4.98. The number of benzene rings is 1. The van der Waals surface area contributed by atoms with Gasteiger partial charge in [-0.25, -0.2) is 4.79 Å². The summed E-state index contributed by atoms with van der Waals surface area (Å²) >= 11 is 0. The van der Waals surface area contributed by atoms with Crippen LogP contribution in [0, 0.1) is 11.3 Å². The van der Waals surface area contributed by atoms with E-state index >= 15 is 0 Å². The molecule has 2 heterocycles. The number of carbonyl (C=O) groups excluding carboxylic acids is 3. The van der Waals surface area contributed by atoms with Gasteiger partial charge >= 0.3 is 6.03 Å². The number of nitrogens with one attached hydrogen (secondary N) is 1. The maximum atomic E-state index is 13.3. The number of hydrogen-bond donors (Lipinski definition) is 2. The van der Waals surface area contributed by atoms with Crippen molar-refractivity contribution in [3.8, 4) is 5.75 Å². The molecule has 0 bridgehead atoms. The van der Waals surface area contributed by atoms with Gasteiger partial charge in [0.15, 0.2) is 0 Å². The number of imide groups is 1. The summed E-state index contributed by atoms with van der Waals surface area (Å²) in [5.74, 6) is -0.298. The first-order valence-electron chi connectivity index (χ1n) is 11.9. The Morgan fingerprint density at radius 1 is 1.23 bits per heavy atom. The van der Waals surface area contributed by atoms with E-state index in [9.17, 15) is 19.5 Å². The Kier molecular flexibility index (Phi) is 5.46.